The minimum atomic E-state index is -4.09. The van der Waals surface area contributed by atoms with E-state index in [0.717, 1.165) is 20.8 Å². The minimum Gasteiger partial charge on any atom is -0.497 e. The summed E-state index contributed by atoms with van der Waals surface area (Å²) in [7, 11) is -2.54. The van der Waals surface area contributed by atoms with Gasteiger partial charge in [-0.15, -0.1) is 0 Å². The molecule has 10 heteroatoms. The number of nitrogens with one attached hydrogen (secondary N) is 1. The molecule has 38 heavy (non-hydrogen) atoms. The zero-order valence-electron chi connectivity index (χ0n) is 21.6. The number of carbonyl (C=O) groups excluding carboxylic acids is 2. The maximum absolute atomic E-state index is 13.8. The van der Waals surface area contributed by atoms with Gasteiger partial charge < -0.3 is 15.0 Å². The Kier molecular flexibility index (Phi) is 10.3. The van der Waals surface area contributed by atoms with E-state index in [0.29, 0.717) is 18.0 Å². The molecule has 0 aliphatic heterocycles. The van der Waals surface area contributed by atoms with Crippen LogP contribution in [0, 0.1) is 0 Å². The highest BCUT2D eigenvalue weighted by molar-refractivity contribution is 9.10. The van der Waals surface area contributed by atoms with Gasteiger partial charge in [-0.05, 0) is 67.4 Å². The van der Waals surface area contributed by atoms with E-state index in [2.05, 4.69) is 21.2 Å². The van der Waals surface area contributed by atoms with Crippen molar-refractivity contribution in [1.29, 1.82) is 0 Å². The quantitative estimate of drug-likeness (QED) is 0.327. The average molecular weight is 603 g/mol. The van der Waals surface area contributed by atoms with E-state index in [4.69, 9.17) is 4.74 Å². The van der Waals surface area contributed by atoms with Gasteiger partial charge in [0.15, 0.2) is 0 Å². The Hall–Kier alpha value is -3.37. The molecule has 2 amide bonds. The number of anilines is 1. The van der Waals surface area contributed by atoms with Gasteiger partial charge in [0.2, 0.25) is 11.8 Å². The first-order chi connectivity index (χ1) is 18.2. The van der Waals surface area contributed by atoms with Crippen molar-refractivity contribution < 1.29 is 22.7 Å². The van der Waals surface area contributed by atoms with Crippen molar-refractivity contribution in [2.24, 2.45) is 0 Å². The van der Waals surface area contributed by atoms with Crippen LogP contribution in [0.25, 0.3) is 0 Å². The summed E-state index contributed by atoms with van der Waals surface area (Å²) in [5.74, 6) is -0.222. The van der Waals surface area contributed by atoms with Crippen molar-refractivity contribution in [1.82, 2.24) is 10.2 Å². The lowest BCUT2D eigenvalue weighted by atomic mass is 10.1. The summed E-state index contributed by atoms with van der Waals surface area (Å²) in [6, 6.07) is 21.0. The summed E-state index contributed by atoms with van der Waals surface area (Å²) in [6.45, 7) is 3.65. The van der Waals surface area contributed by atoms with Gasteiger partial charge in [0, 0.05) is 17.6 Å². The molecule has 1 N–H and O–H groups in total. The van der Waals surface area contributed by atoms with Gasteiger partial charge in [-0.2, -0.15) is 0 Å². The maximum Gasteiger partial charge on any atom is 0.264 e. The molecule has 202 valence electrons. The van der Waals surface area contributed by atoms with E-state index in [1.165, 1.54) is 17.0 Å². The van der Waals surface area contributed by atoms with Gasteiger partial charge in [-0.25, -0.2) is 8.42 Å². The van der Waals surface area contributed by atoms with Gasteiger partial charge in [-0.3, -0.25) is 13.9 Å². The van der Waals surface area contributed by atoms with Crippen LogP contribution < -0.4 is 14.4 Å². The number of amides is 2. The molecule has 0 aliphatic rings. The molecule has 0 aromatic heterocycles. The second-order valence-electron chi connectivity index (χ2n) is 8.64. The number of benzene rings is 3. The predicted octanol–water partition coefficient (Wildman–Crippen LogP) is 4.60. The van der Waals surface area contributed by atoms with Gasteiger partial charge in [0.1, 0.15) is 18.3 Å². The van der Waals surface area contributed by atoms with Crippen molar-refractivity contribution in [3.8, 4) is 5.75 Å². The van der Waals surface area contributed by atoms with Crippen molar-refractivity contribution in [3.63, 3.8) is 0 Å². The lowest BCUT2D eigenvalue weighted by Gasteiger charge is -2.32. The number of methoxy groups -OCH3 is 1. The third-order valence-electron chi connectivity index (χ3n) is 5.93. The highest BCUT2D eigenvalue weighted by atomic mass is 79.9. The standard InChI is InChI=1S/C28H32BrN3O5S/c1-4-17-30-28(34)21(2)31(19-22-9-8-10-25(18-22)37-3)27(33)20-32(24-15-13-23(29)14-16-24)38(35,36)26-11-6-5-7-12-26/h5-16,18,21H,4,17,19-20H2,1-3H3,(H,30,34)/t21-/m1/s1. The third kappa shape index (κ3) is 7.35. The molecule has 3 aromatic rings. The molecular formula is C28H32BrN3O5S. The zero-order chi connectivity index (χ0) is 27.7. The van der Waals surface area contributed by atoms with Gasteiger partial charge >= 0.3 is 0 Å². The largest absolute Gasteiger partial charge is 0.497 e. The first-order valence-corrected chi connectivity index (χ1v) is 14.4. The van der Waals surface area contributed by atoms with Crippen molar-refractivity contribution in [3.05, 3.63) is 88.9 Å². The molecule has 0 unspecified atom stereocenters. The van der Waals surface area contributed by atoms with Crippen LogP contribution in [0.5, 0.6) is 5.75 Å². The van der Waals surface area contributed by atoms with Crippen LogP contribution >= 0.6 is 15.9 Å². The molecule has 1 atom stereocenters. The molecule has 3 aromatic carbocycles. The number of ether oxygens (including phenoxy) is 1. The van der Waals surface area contributed by atoms with Crippen LogP contribution in [0.2, 0.25) is 0 Å². The molecule has 0 heterocycles. The smallest absolute Gasteiger partial charge is 0.264 e. The van der Waals surface area contributed by atoms with E-state index in [1.54, 1.807) is 74.7 Å². The zero-order valence-corrected chi connectivity index (χ0v) is 24.0. The first-order valence-electron chi connectivity index (χ1n) is 12.2. The summed E-state index contributed by atoms with van der Waals surface area (Å²) in [5, 5.41) is 2.83. The fourth-order valence-electron chi connectivity index (χ4n) is 3.80. The number of carbonyl (C=O) groups is 2. The van der Waals surface area contributed by atoms with Crippen LogP contribution in [0.4, 0.5) is 5.69 Å². The van der Waals surface area contributed by atoms with E-state index >= 15 is 0 Å². The number of halogens is 1. The molecule has 0 aliphatic carbocycles. The van der Waals surface area contributed by atoms with E-state index in [1.807, 2.05) is 13.0 Å². The first kappa shape index (κ1) is 29.2. The number of rotatable bonds is 12. The fourth-order valence-corrected chi connectivity index (χ4v) is 5.50. The van der Waals surface area contributed by atoms with E-state index in [9.17, 15) is 18.0 Å². The van der Waals surface area contributed by atoms with Crippen LogP contribution in [0.3, 0.4) is 0 Å². The SMILES string of the molecule is CCCNC(=O)[C@@H](C)N(Cc1cccc(OC)c1)C(=O)CN(c1ccc(Br)cc1)S(=O)(=O)c1ccccc1. The van der Waals surface area contributed by atoms with E-state index in [-0.39, 0.29) is 17.3 Å². The van der Waals surface area contributed by atoms with Gasteiger partial charge in [-0.1, -0.05) is 53.2 Å². The average Bonchev–Trinajstić information content (AvgIpc) is 2.93. The topological polar surface area (TPSA) is 96.0 Å². The molecule has 0 radical (unpaired) electrons. The molecular weight excluding hydrogens is 570 g/mol. The second-order valence-corrected chi connectivity index (χ2v) is 11.4. The summed E-state index contributed by atoms with van der Waals surface area (Å²) in [5.41, 5.74) is 1.07. The minimum absolute atomic E-state index is 0.0591. The van der Waals surface area contributed by atoms with E-state index < -0.39 is 28.5 Å². The lowest BCUT2D eigenvalue weighted by molar-refractivity contribution is -0.139. The number of nitrogens with zero attached hydrogens (tertiary/aromatic N) is 2. The van der Waals surface area contributed by atoms with Crippen LogP contribution in [-0.2, 0) is 26.2 Å². The van der Waals surface area contributed by atoms with Crippen molar-refractivity contribution in [2.75, 3.05) is 24.5 Å². The highest BCUT2D eigenvalue weighted by Gasteiger charge is 2.32. The van der Waals surface area contributed by atoms with Crippen LogP contribution in [0.15, 0.2) is 88.2 Å². The maximum atomic E-state index is 13.8. The molecule has 3 rings (SSSR count). The van der Waals surface area contributed by atoms with Crippen molar-refractivity contribution in [2.45, 2.75) is 37.8 Å². The molecule has 0 fully saturated rings. The van der Waals surface area contributed by atoms with Gasteiger partial charge in [0.25, 0.3) is 10.0 Å². The van der Waals surface area contributed by atoms with Crippen molar-refractivity contribution >= 4 is 43.5 Å². The summed E-state index contributed by atoms with van der Waals surface area (Å²) < 4.78 is 34.6. The molecule has 0 bridgehead atoms. The Labute approximate surface area is 232 Å². The normalized spacial score (nSPS) is 11.9. The summed E-state index contributed by atoms with van der Waals surface area (Å²) in [4.78, 5) is 28.2. The Morgan fingerprint density at radius 2 is 1.68 bits per heavy atom. The summed E-state index contributed by atoms with van der Waals surface area (Å²) in [6.07, 6.45) is 0.745. The number of hydrogen-bond donors (Lipinski definition) is 1. The second kappa shape index (κ2) is 13.4. The Balaban J connectivity index is 2.00. The fraction of sp³-hybridized carbons (Fsp3) is 0.286. The van der Waals surface area contributed by atoms with Gasteiger partial charge in [0.05, 0.1) is 17.7 Å². The number of hydrogen-bond acceptors (Lipinski definition) is 5. The molecule has 0 spiro atoms. The molecule has 0 saturated carbocycles. The Morgan fingerprint density at radius 1 is 1.00 bits per heavy atom. The predicted molar refractivity (Wildman–Crippen MR) is 151 cm³/mol. The van der Waals surface area contributed by atoms with Crippen LogP contribution in [0.1, 0.15) is 25.8 Å². The molecule has 0 saturated heterocycles. The highest BCUT2D eigenvalue weighted by Crippen LogP contribution is 2.26. The monoisotopic (exact) mass is 601 g/mol. The molecule has 8 nitrogen and oxygen atoms in total. The number of sulfonamides is 1. The van der Waals surface area contributed by atoms with Crippen LogP contribution in [-0.4, -0.2) is 51.4 Å². The third-order valence-corrected chi connectivity index (χ3v) is 8.25. The summed E-state index contributed by atoms with van der Waals surface area (Å²) >= 11 is 3.37. The lowest BCUT2D eigenvalue weighted by Crippen LogP contribution is -2.51. The Bertz CT molecular complexity index is 1330. The Morgan fingerprint density at radius 3 is 2.32 bits per heavy atom.